The molecule has 0 aliphatic carbocycles. The average Bonchev–Trinajstić information content (AvgIpc) is 2.81. The van der Waals surface area contributed by atoms with Gasteiger partial charge in [-0.05, 0) is 18.2 Å². The van der Waals surface area contributed by atoms with Gasteiger partial charge >= 0.3 is 14.9 Å². The summed E-state index contributed by atoms with van der Waals surface area (Å²) in [6.45, 7) is 5.17. The second kappa shape index (κ2) is 6.90. The van der Waals surface area contributed by atoms with Gasteiger partial charge in [-0.1, -0.05) is 0 Å². The summed E-state index contributed by atoms with van der Waals surface area (Å²) in [5.41, 5.74) is 0.878. The molecule has 1 aliphatic heterocycles. The van der Waals surface area contributed by atoms with Gasteiger partial charge in [-0.2, -0.15) is 0 Å². The van der Waals surface area contributed by atoms with Gasteiger partial charge in [0.15, 0.2) is 0 Å². The lowest BCUT2D eigenvalue weighted by Gasteiger charge is -2.14. The van der Waals surface area contributed by atoms with Crippen molar-refractivity contribution >= 4 is 26.3 Å². The monoisotopic (exact) mass is 311 g/mol. The highest BCUT2D eigenvalue weighted by atomic mass is 28.3. The summed E-state index contributed by atoms with van der Waals surface area (Å²) in [4.78, 5) is 13.0. The topological polar surface area (TPSA) is 61.8 Å². The van der Waals surface area contributed by atoms with Crippen LogP contribution in [0.15, 0.2) is 18.2 Å². The lowest BCUT2D eigenvalue weighted by atomic mass is 10.2. The Kier molecular flexibility index (Phi) is 5.19. The number of carbonyl (C=O) groups is 1. The number of ether oxygens (including phenoxy) is 1. The maximum atomic E-state index is 14.1. The molecule has 0 saturated carbocycles. The largest absolute Gasteiger partial charge is 0.441 e. The van der Waals surface area contributed by atoms with Crippen molar-refractivity contribution in [1.82, 2.24) is 0 Å². The van der Waals surface area contributed by atoms with Crippen LogP contribution in [0.3, 0.4) is 0 Å². The molecule has 1 saturated heterocycles. The van der Waals surface area contributed by atoms with Gasteiger partial charge in [0.05, 0.1) is 43.7 Å². The van der Waals surface area contributed by atoms with Gasteiger partial charge < -0.3 is 15.2 Å². The molecule has 1 atom stereocenters. The molecule has 5 nitrogen and oxygen atoms in total. The minimum Gasteiger partial charge on any atom is -0.441 e. The Balaban J connectivity index is 2.03. The number of nitrogens with zero attached hydrogens (tertiary/aromatic N) is 1. The van der Waals surface area contributed by atoms with Gasteiger partial charge in [-0.15, -0.1) is 0 Å². The summed E-state index contributed by atoms with van der Waals surface area (Å²) in [6.07, 6.45) is -1.11. The molecule has 2 N–H and O–H groups in total. The van der Waals surface area contributed by atoms with Crippen LogP contribution in [0, 0.1) is 5.82 Å². The summed E-state index contributed by atoms with van der Waals surface area (Å²) in [5.74, 6) is -0.395. The number of carbonyl (C=O) groups excluding carboxylic acids is 1. The Labute approximate surface area is 125 Å². The smallest absolute Gasteiger partial charge is 0.414 e. The third-order valence-electron chi connectivity index (χ3n) is 3.28. The van der Waals surface area contributed by atoms with E-state index in [0.717, 1.165) is 12.6 Å². The number of amides is 1. The fourth-order valence-corrected chi connectivity index (χ4v) is 2.71. The van der Waals surface area contributed by atoms with Crippen molar-refractivity contribution in [2.24, 2.45) is 0 Å². The average molecular weight is 311 g/mol. The van der Waals surface area contributed by atoms with E-state index in [1.807, 2.05) is 0 Å². The van der Waals surface area contributed by atoms with E-state index in [0.29, 0.717) is 11.4 Å². The van der Waals surface area contributed by atoms with Gasteiger partial charge in [0, 0.05) is 6.54 Å². The molecule has 21 heavy (non-hydrogen) atoms. The zero-order valence-corrected chi connectivity index (χ0v) is 13.2. The Bertz CT molecular complexity index is 513. The van der Waals surface area contributed by atoms with Crippen molar-refractivity contribution in [1.29, 1.82) is 0 Å². The number of aliphatic hydroxyl groups is 1. The summed E-state index contributed by atoms with van der Waals surface area (Å²) in [6, 6.07) is 5.67. The lowest BCUT2D eigenvalue weighted by molar-refractivity contribution is 0.0963. The molecule has 1 aliphatic rings. The molecule has 0 bridgehead atoms. The zero-order valence-electron chi connectivity index (χ0n) is 12.2. The van der Waals surface area contributed by atoms with Crippen LogP contribution < -0.4 is 10.2 Å². The first-order chi connectivity index (χ1) is 10.0. The van der Waals surface area contributed by atoms with Gasteiger partial charge in [-0.25, -0.2) is 9.18 Å². The molecule has 1 fully saturated rings. The first kappa shape index (κ1) is 15.8. The number of benzene rings is 1. The Morgan fingerprint density at radius 3 is 2.86 bits per heavy atom. The number of nitrogens with one attached hydrogen (secondary N) is 1. The third-order valence-corrected chi connectivity index (χ3v) is 4.53. The Morgan fingerprint density at radius 2 is 2.29 bits per heavy atom. The normalized spacial score (nSPS) is 17.8. The van der Waals surface area contributed by atoms with Crippen LogP contribution in [-0.2, 0) is 4.74 Å². The van der Waals surface area contributed by atoms with Crippen molar-refractivity contribution in [2.75, 3.05) is 29.9 Å². The van der Waals surface area contributed by atoms with E-state index in [2.05, 4.69) is 18.4 Å². The first-order valence-corrected chi connectivity index (χ1v) is 9.63. The molecule has 7 heteroatoms. The second-order valence-electron chi connectivity index (χ2n) is 5.35. The van der Waals surface area contributed by atoms with Gasteiger partial charge in [0.25, 0.3) is 0 Å². The molecule has 0 aromatic heterocycles. The number of aliphatic hydroxyl groups excluding tert-OH is 1. The maximum Gasteiger partial charge on any atom is 0.414 e. The van der Waals surface area contributed by atoms with E-state index in [1.54, 1.807) is 12.1 Å². The van der Waals surface area contributed by atoms with Gasteiger partial charge in [-0.3, -0.25) is 4.90 Å². The third kappa shape index (κ3) is 3.95. The van der Waals surface area contributed by atoms with Crippen molar-refractivity contribution in [2.45, 2.75) is 25.2 Å². The van der Waals surface area contributed by atoms with Crippen molar-refractivity contribution in [3.05, 3.63) is 24.0 Å². The van der Waals surface area contributed by atoms with Gasteiger partial charge in [0.2, 0.25) is 0 Å². The standard InChI is InChI=1S/C14H20FN2O3Si/c1-21(2)6-5-16-13-4-3-10(7-12(13)15)17-8-11(9-18)20-14(17)19/h3-4,7,11,16,18H,5-6,8-9H2,1-2H3/q+1/t11-/m1/s1. The van der Waals surface area contributed by atoms with E-state index in [9.17, 15) is 9.18 Å². The fourth-order valence-electron chi connectivity index (χ4n) is 2.09. The van der Waals surface area contributed by atoms with Crippen LogP contribution in [0.25, 0.3) is 0 Å². The predicted octanol–water partition coefficient (Wildman–Crippen LogP) is 2.31. The molecule has 1 amide bonds. The van der Waals surface area contributed by atoms with Crippen LogP contribution >= 0.6 is 0 Å². The minimum atomic E-state index is -0.557. The molecule has 1 aromatic rings. The number of anilines is 2. The fraction of sp³-hybridized carbons (Fsp3) is 0.500. The van der Waals surface area contributed by atoms with E-state index in [4.69, 9.17) is 9.84 Å². The summed E-state index contributed by atoms with van der Waals surface area (Å²) in [5, 5.41) is 12.1. The van der Waals surface area contributed by atoms with Crippen LogP contribution in [0.4, 0.5) is 20.6 Å². The molecule has 0 unspecified atom stereocenters. The van der Waals surface area contributed by atoms with E-state index < -0.39 is 18.0 Å². The van der Waals surface area contributed by atoms with E-state index in [-0.39, 0.29) is 21.9 Å². The number of hydrogen-bond acceptors (Lipinski definition) is 4. The summed E-state index contributed by atoms with van der Waals surface area (Å²) in [7, 11) is -0.332. The number of halogens is 1. The zero-order chi connectivity index (χ0) is 15.4. The molecule has 1 aromatic carbocycles. The SMILES string of the molecule is C[Si+](C)CCNc1ccc(N2C[C@H](CO)OC2=O)cc1F. The van der Waals surface area contributed by atoms with Crippen LogP contribution in [0.1, 0.15) is 0 Å². The van der Waals surface area contributed by atoms with E-state index >= 15 is 0 Å². The summed E-state index contributed by atoms with van der Waals surface area (Å²) >= 11 is 0. The van der Waals surface area contributed by atoms with Crippen LogP contribution in [-0.4, -0.2) is 45.8 Å². The van der Waals surface area contributed by atoms with Crippen LogP contribution in [0.5, 0.6) is 0 Å². The first-order valence-electron chi connectivity index (χ1n) is 6.92. The molecule has 2 rings (SSSR count). The Hall–Kier alpha value is -1.60. The van der Waals surface area contributed by atoms with Crippen molar-refractivity contribution < 1.29 is 19.0 Å². The number of cyclic esters (lactones) is 1. The highest BCUT2D eigenvalue weighted by Gasteiger charge is 2.32. The molecule has 0 radical (unpaired) electrons. The predicted molar refractivity (Wildman–Crippen MR) is 81.9 cm³/mol. The van der Waals surface area contributed by atoms with Crippen molar-refractivity contribution in [3.8, 4) is 0 Å². The van der Waals surface area contributed by atoms with Crippen LogP contribution in [0.2, 0.25) is 19.1 Å². The second-order valence-corrected chi connectivity index (χ2v) is 8.26. The molecule has 1 heterocycles. The van der Waals surface area contributed by atoms with Crippen molar-refractivity contribution in [3.63, 3.8) is 0 Å². The van der Waals surface area contributed by atoms with E-state index in [1.165, 1.54) is 11.0 Å². The molecular formula is C14H20FN2O3Si+. The van der Waals surface area contributed by atoms with Gasteiger partial charge in [0.1, 0.15) is 11.9 Å². The highest BCUT2D eigenvalue weighted by Crippen LogP contribution is 2.25. The number of rotatable bonds is 6. The maximum absolute atomic E-state index is 14.1. The summed E-state index contributed by atoms with van der Waals surface area (Å²) < 4.78 is 19.0. The number of hydrogen-bond donors (Lipinski definition) is 2. The minimum absolute atomic E-state index is 0.234. The quantitative estimate of drug-likeness (QED) is 0.792. The molecule has 114 valence electrons. The highest BCUT2D eigenvalue weighted by molar-refractivity contribution is 6.55. The lowest BCUT2D eigenvalue weighted by Crippen LogP contribution is -2.25. The Morgan fingerprint density at radius 1 is 1.52 bits per heavy atom. The molecule has 0 spiro atoms. The molecular weight excluding hydrogens is 291 g/mol.